The number of aryl methyl sites for hydroxylation is 1. The van der Waals surface area contributed by atoms with Crippen molar-refractivity contribution in [2.45, 2.75) is 44.7 Å². The minimum Gasteiger partial charge on any atom is -0.365 e. The van der Waals surface area contributed by atoms with E-state index in [-0.39, 0.29) is 18.0 Å². The van der Waals surface area contributed by atoms with Gasteiger partial charge in [-0.1, -0.05) is 13.8 Å². The first-order chi connectivity index (χ1) is 11.0. The van der Waals surface area contributed by atoms with E-state index in [0.717, 1.165) is 23.5 Å². The van der Waals surface area contributed by atoms with Gasteiger partial charge in [0.15, 0.2) is 0 Å². The van der Waals surface area contributed by atoms with Gasteiger partial charge in [0.1, 0.15) is 12.1 Å². The van der Waals surface area contributed by atoms with E-state index in [1.54, 1.807) is 17.2 Å². The Hall–Kier alpha value is -2.44. The van der Waals surface area contributed by atoms with Crippen LogP contribution < -0.4 is 10.6 Å². The Bertz CT molecular complexity index is 695. The molecule has 3 heterocycles. The van der Waals surface area contributed by atoms with Gasteiger partial charge in [-0.05, 0) is 12.3 Å². The highest BCUT2D eigenvalue weighted by molar-refractivity contribution is 5.77. The molecule has 0 spiro atoms. The third kappa shape index (κ3) is 3.49. The Balaban J connectivity index is 1.81. The van der Waals surface area contributed by atoms with Crippen LogP contribution in [0.3, 0.4) is 0 Å². The van der Waals surface area contributed by atoms with Crippen molar-refractivity contribution in [2.75, 3.05) is 5.32 Å². The second kappa shape index (κ2) is 6.36. The smallest absolute Gasteiger partial charge is 0.220 e. The second-order valence-electron chi connectivity index (χ2n) is 6.26. The fourth-order valence-electron chi connectivity index (χ4n) is 2.83. The van der Waals surface area contributed by atoms with Gasteiger partial charge < -0.3 is 10.6 Å². The summed E-state index contributed by atoms with van der Waals surface area (Å²) < 4.78 is 1.74. The SMILES string of the molecule is CC(C)c1cc(N[C@@H]2CCC(=O)N[C@H]2c2cnn(C)c2)ncn1. The minimum absolute atomic E-state index is 0.0717. The molecule has 122 valence electrons. The van der Waals surface area contributed by atoms with Crippen molar-refractivity contribution >= 4 is 11.7 Å². The number of piperidine rings is 1. The van der Waals surface area contributed by atoms with E-state index >= 15 is 0 Å². The molecule has 1 aliphatic heterocycles. The number of anilines is 1. The van der Waals surface area contributed by atoms with E-state index < -0.39 is 0 Å². The summed E-state index contributed by atoms with van der Waals surface area (Å²) in [4.78, 5) is 20.4. The van der Waals surface area contributed by atoms with E-state index in [9.17, 15) is 4.79 Å². The number of nitrogens with zero attached hydrogens (tertiary/aromatic N) is 4. The maximum atomic E-state index is 11.8. The van der Waals surface area contributed by atoms with E-state index in [2.05, 4.69) is 39.5 Å². The van der Waals surface area contributed by atoms with Crippen molar-refractivity contribution in [3.8, 4) is 0 Å². The van der Waals surface area contributed by atoms with Crippen LogP contribution in [-0.2, 0) is 11.8 Å². The number of hydrogen-bond acceptors (Lipinski definition) is 5. The van der Waals surface area contributed by atoms with Crippen LogP contribution in [0.2, 0.25) is 0 Å². The van der Waals surface area contributed by atoms with Crippen LogP contribution in [0.1, 0.15) is 49.9 Å². The Morgan fingerprint density at radius 1 is 1.39 bits per heavy atom. The summed E-state index contributed by atoms with van der Waals surface area (Å²) in [6.45, 7) is 4.21. The standard InChI is InChI=1S/C16H22N6O/c1-10(2)13-6-14(18-9-17-13)20-12-4-5-15(23)21-16(12)11-7-19-22(3)8-11/h6-10,12,16H,4-5H2,1-3H3,(H,21,23)(H,17,18,20)/t12-,16+/m1/s1. The number of nitrogens with one attached hydrogen (secondary N) is 2. The molecule has 2 aromatic heterocycles. The largest absolute Gasteiger partial charge is 0.365 e. The molecule has 1 saturated heterocycles. The fraction of sp³-hybridized carbons (Fsp3) is 0.500. The van der Waals surface area contributed by atoms with Crippen molar-refractivity contribution < 1.29 is 4.79 Å². The molecule has 1 fully saturated rings. The monoisotopic (exact) mass is 314 g/mol. The average Bonchev–Trinajstić information content (AvgIpc) is 2.96. The summed E-state index contributed by atoms with van der Waals surface area (Å²) in [5, 5.41) is 10.7. The number of amides is 1. The highest BCUT2D eigenvalue weighted by Crippen LogP contribution is 2.26. The topological polar surface area (TPSA) is 84.7 Å². The predicted octanol–water partition coefficient (Wildman–Crippen LogP) is 1.77. The molecule has 0 aliphatic carbocycles. The Kier molecular flexibility index (Phi) is 4.27. The van der Waals surface area contributed by atoms with Gasteiger partial charge in [0.2, 0.25) is 5.91 Å². The zero-order valence-electron chi connectivity index (χ0n) is 13.7. The summed E-state index contributed by atoms with van der Waals surface area (Å²) in [5.41, 5.74) is 2.00. The lowest BCUT2D eigenvalue weighted by Gasteiger charge is -2.32. The van der Waals surface area contributed by atoms with Gasteiger partial charge in [-0.25, -0.2) is 9.97 Å². The number of carbonyl (C=O) groups excluding carboxylic acids is 1. The molecule has 7 heteroatoms. The van der Waals surface area contributed by atoms with Crippen LogP contribution in [0.25, 0.3) is 0 Å². The van der Waals surface area contributed by atoms with Gasteiger partial charge in [0.05, 0.1) is 18.3 Å². The fourth-order valence-corrected chi connectivity index (χ4v) is 2.83. The molecule has 1 amide bonds. The highest BCUT2D eigenvalue weighted by Gasteiger charge is 2.31. The molecule has 0 unspecified atom stereocenters. The van der Waals surface area contributed by atoms with Gasteiger partial charge in [-0.3, -0.25) is 9.48 Å². The zero-order chi connectivity index (χ0) is 16.4. The number of carbonyl (C=O) groups is 1. The van der Waals surface area contributed by atoms with Crippen LogP contribution in [0, 0.1) is 0 Å². The summed E-state index contributed by atoms with van der Waals surface area (Å²) in [7, 11) is 1.87. The van der Waals surface area contributed by atoms with Crippen molar-refractivity contribution in [3.05, 3.63) is 36.0 Å². The molecule has 0 bridgehead atoms. The molecule has 2 atom stereocenters. The molecule has 2 aromatic rings. The van der Waals surface area contributed by atoms with Gasteiger partial charge in [0, 0.05) is 37.0 Å². The van der Waals surface area contributed by atoms with Crippen molar-refractivity contribution in [2.24, 2.45) is 7.05 Å². The van der Waals surface area contributed by atoms with E-state index in [0.29, 0.717) is 12.3 Å². The summed E-state index contributed by atoms with van der Waals surface area (Å²) in [5.74, 6) is 1.21. The number of hydrogen-bond donors (Lipinski definition) is 2. The first-order valence-corrected chi connectivity index (χ1v) is 7.89. The lowest BCUT2D eigenvalue weighted by atomic mass is 9.93. The third-order valence-corrected chi connectivity index (χ3v) is 4.10. The summed E-state index contributed by atoms with van der Waals surface area (Å²) in [6.07, 6.45) is 6.58. The van der Waals surface area contributed by atoms with E-state index in [1.165, 1.54) is 0 Å². The maximum absolute atomic E-state index is 11.8. The number of rotatable bonds is 4. The molecular weight excluding hydrogens is 292 g/mol. The third-order valence-electron chi connectivity index (χ3n) is 4.10. The van der Waals surface area contributed by atoms with Crippen LogP contribution >= 0.6 is 0 Å². The molecule has 0 saturated carbocycles. The first kappa shape index (κ1) is 15.5. The van der Waals surface area contributed by atoms with Gasteiger partial charge >= 0.3 is 0 Å². The Morgan fingerprint density at radius 2 is 2.22 bits per heavy atom. The molecule has 0 radical (unpaired) electrons. The minimum atomic E-state index is -0.109. The van der Waals surface area contributed by atoms with Gasteiger partial charge in [-0.15, -0.1) is 0 Å². The molecule has 1 aliphatic rings. The van der Waals surface area contributed by atoms with Crippen LogP contribution in [0.4, 0.5) is 5.82 Å². The molecule has 3 rings (SSSR count). The normalized spacial score (nSPS) is 21.3. The maximum Gasteiger partial charge on any atom is 0.220 e. The van der Waals surface area contributed by atoms with Crippen LogP contribution in [0.5, 0.6) is 0 Å². The molecule has 0 aromatic carbocycles. The Morgan fingerprint density at radius 3 is 2.91 bits per heavy atom. The first-order valence-electron chi connectivity index (χ1n) is 7.89. The van der Waals surface area contributed by atoms with Crippen molar-refractivity contribution in [3.63, 3.8) is 0 Å². The van der Waals surface area contributed by atoms with E-state index in [1.807, 2.05) is 19.3 Å². The van der Waals surface area contributed by atoms with E-state index in [4.69, 9.17) is 0 Å². The van der Waals surface area contributed by atoms with Crippen molar-refractivity contribution in [1.29, 1.82) is 0 Å². The van der Waals surface area contributed by atoms with Gasteiger partial charge in [0.25, 0.3) is 0 Å². The zero-order valence-corrected chi connectivity index (χ0v) is 13.7. The second-order valence-corrected chi connectivity index (χ2v) is 6.26. The van der Waals surface area contributed by atoms with Crippen molar-refractivity contribution in [1.82, 2.24) is 25.1 Å². The quantitative estimate of drug-likeness (QED) is 0.898. The summed E-state index contributed by atoms with van der Waals surface area (Å²) in [6, 6.07) is 1.94. The van der Waals surface area contributed by atoms with Gasteiger partial charge in [-0.2, -0.15) is 5.10 Å². The Labute approximate surface area is 135 Å². The van der Waals surface area contributed by atoms with Crippen LogP contribution in [-0.4, -0.2) is 31.7 Å². The predicted molar refractivity (Wildman–Crippen MR) is 86.9 cm³/mol. The molecular formula is C16H22N6O. The number of aromatic nitrogens is 4. The lowest BCUT2D eigenvalue weighted by Crippen LogP contribution is -2.45. The van der Waals surface area contributed by atoms with Crippen LogP contribution in [0.15, 0.2) is 24.8 Å². The molecule has 7 nitrogen and oxygen atoms in total. The molecule has 2 N–H and O–H groups in total. The summed E-state index contributed by atoms with van der Waals surface area (Å²) >= 11 is 0. The molecule has 23 heavy (non-hydrogen) atoms. The average molecular weight is 314 g/mol. The lowest BCUT2D eigenvalue weighted by molar-refractivity contribution is -0.123. The highest BCUT2D eigenvalue weighted by atomic mass is 16.1.